The van der Waals surface area contributed by atoms with Crippen molar-refractivity contribution >= 4 is 11.9 Å². The van der Waals surface area contributed by atoms with Gasteiger partial charge < -0.3 is 20.4 Å². The monoisotopic (exact) mass is 347 g/mol. The molecule has 0 aromatic carbocycles. The fraction of sp³-hybridized carbons (Fsp3) is 0.667. The van der Waals surface area contributed by atoms with E-state index in [2.05, 4.69) is 25.8 Å². The van der Waals surface area contributed by atoms with Crippen LogP contribution >= 0.6 is 0 Å². The molecule has 1 aromatic rings. The Morgan fingerprint density at radius 1 is 1.28 bits per heavy atom. The average Bonchev–Trinajstić information content (AvgIpc) is 3.38. The van der Waals surface area contributed by atoms with Crippen LogP contribution in [0.25, 0.3) is 0 Å². The number of nitrogens with one attached hydrogen (secondary N) is 3. The molecular formula is C18H29N5O2. The van der Waals surface area contributed by atoms with Gasteiger partial charge in [0.2, 0.25) is 0 Å². The summed E-state index contributed by atoms with van der Waals surface area (Å²) in [5, 5.41) is 9.57. The van der Waals surface area contributed by atoms with Gasteiger partial charge in [0.25, 0.3) is 5.91 Å². The topological polar surface area (TPSA) is 81.9 Å². The van der Waals surface area contributed by atoms with E-state index in [1.54, 1.807) is 19.2 Å². The Bertz CT molecular complexity index is 566. The SMILES string of the molecule is CN=C(NCCNC(=O)c1ccco1)NC1CCN(C2CCCC2)C1. The van der Waals surface area contributed by atoms with Crippen LogP contribution in [0.2, 0.25) is 0 Å². The Kier molecular flexibility index (Phi) is 6.33. The summed E-state index contributed by atoms with van der Waals surface area (Å²) >= 11 is 0. The molecule has 1 unspecified atom stereocenters. The molecule has 1 saturated carbocycles. The van der Waals surface area contributed by atoms with Gasteiger partial charge in [-0.25, -0.2) is 0 Å². The first-order chi connectivity index (χ1) is 12.3. The molecule has 138 valence electrons. The molecular weight excluding hydrogens is 318 g/mol. The van der Waals surface area contributed by atoms with Crippen molar-refractivity contribution in [3.05, 3.63) is 24.2 Å². The third-order valence-electron chi connectivity index (χ3n) is 5.07. The molecule has 1 aliphatic carbocycles. The summed E-state index contributed by atoms with van der Waals surface area (Å²) in [6.07, 6.45) is 8.13. The molecule has 7 heteroatoms. The van der Waals surface area contributed by atoms with Gasteiger partial charge in [0.05, 0.1) is 6.26 Å². The number of aliphatic imine (C=N–C) groups is 1. The van der Waals surface area contributed by atoms with Crippen LogP contribution in [0.4, 0.5) is 0 Å². The zero-order chi connectivity index (χ0) is 17.5. The van der Waals surface area contributed by atoms with Crippen LogP contribution < -0.4 is 16.0 Å². The van der Waals surface area contributed by atoms with Crippen molar-refractivity contribution in [3.8, 4) is 0 Å². The van der Waals surface area contributed by atoms with E-state index >= 15 is 0 Å². The average molecular weight is 347 g/mol. The van der Waals surface area contributed by atoms with E-state index in [0.29, 0.717) is 24.9 Å². The minimum atomic E-state index is -0.197. The fourth-order valence-corrected chi connectivity index (χ4v) is 3.75. The van der Waals surface area contributed by atoms with Crippen LogP contribution in [0.3, 0.4) is 0 Å². The first kappa shape index (κ1) is 17.8. The van der Waals surface area contributed by atoms with Gasteiger partial charge in [-0.2, -0.15) is 0 Å². The minimum absolute atomic E-state index is 0.197. The smallest absolute Gasteiger partial charge is 0.287 e. The van der Waals surface area contributed by atoms with E-state index in [0.717, 1.165) is 25.0 Å². The van der Waals surface area contributed by atoms with Gasteiger partial charge in [-0.15, -0.1) is 0 Å². The Hall–Kier alpha value is -2.02. The summed E-state index contributed by atoms with van der Waals surface area (Å²) in [7, 11) is 1.78. The maximum atomic E-state index is 11.8. The van der Waals surface area contributed by atoms with Crippen molar-refractivity contribution < 1.29 is 9.21 Å². The van der Waals surface area contributed by atoms with Crippen LogP contribution in [0.1, 0.15) is 42.7 Å². The van der Waals surface area contributed by atoms with Crippen LogP contribution in [-0.2, 0) is 0 Å². The van der Waals surface area contributed by atoms with E-state index in [9.17, 15) is 4.79 Å². The molecule has 1 aliphatic heterocycles. The summed E-state index contributed by atoms with van der Waals surface area (Å²) in [4.78, 5) is 18.7. The maximum Gasteiger partial charge on any atom is 0.287 e. The predicted molar refractivity (Wildman–Crippen MR) is 97.8 cm³/mol. The van der Waals surface area contributed by atoms with Gasteiger partial charge in [-0.1, -0.05) is 12.8 Å². The second-order valence-corrected chi connectivity index (χ2v) is 6.80. The Labute approximate surface area is 149 Å². The summed E-state index contributed by atoms with van der Waals surface area (Å²) in [6, 6.07) is 4.59. The molecule has 25 heavy (non-hydrogen) atoms. The van der Waals surface area contributed by atoms with Gasteiger partial charge in [0.15, 0.2) is 11.7 Å². The van der Waals surface area contributed by atoms with Crippen LogP contribution in [0.15, 0.2) is 27.8 Å². The first-order valence-corrected chi connectivity index (χ1v) is 9.29. The number of nitrogens with zero attached hydrogens (tertiary/aromatic N) is 2. The van der Waals surface area contributed by atoms with E-state index < -0.39 is 0 Å². The fourth-order valence-electron chi connectivity index (χ4n) is 3.75. The first-order valence-electron chi connectivity index (χ1n) is 9.29. The zero-order valence-electron chi connectivity index (χ0n) is 15.0. The number of hydrogen-bond donors (Lipinski definition) is 3. The lowest BCUT2D eigenvalue weighted by Gasteiger charge is -2.24. The summed E-state index contributed by atoms with van der Waals surface area (Å²) < 4.78 is 5.06. The molecule has 2 heterocycles. The van der Waals surface area contributed by atoms with Crippen molar-refractivity contribution in [1.29, 1.82) is 0 Å². The van der Waals surface area contributed by atoms with Gasteiger partial charge in [0, 0.05) is 45.3 Å². The molecule has 1 aromatic heterocycles. The van der Waals surface area contributed by atoms with Gasteiger partial charge in [-0.05, 0) is 31.4 Å². The molecule has 2 fully saturated rings. The van der Waals surface area contributed by atoms with E-state index in [4.69, 9.17) is 4.42 Å². The number of carbonyl (C=O) groups is 1. The predicted octanol–water partition coefficient (Wildman–Crippen LogP) is 1.19. The highest BCUT2D eigenvalue weighted by Crippen LogP contribution is 2.26. The van der Waals surface area contributed by atoms with Crippen molar-refractivity contribution in [2.45, 2.75) is 44.2 Å². The maximum absolute atomic E-state index is 11.8. The molecule has 7 nitrogen and oxygen atoms in total. The van der Waals surface area contributed by atoms with E-state index in [1.807, 2.05) is 0 Å². The highest BCUT2D eigenvalue weighted by atomic mass is 16.3. The van der Waals surface area contributed by atoms with Crippen molar-refractivity contribution in [2.24, 2.45) is 4.99 Å². The molecule has 0 bridgehead atoms. The quantitative estimate of drug-likeness (QED) is 0.409. The normalized spacial score (nSPS) is 22.3. The summed E-state index contributed by atoms with van der Waals surface area (Å²) in [6.45, 7) is 3.41. The van der Waals surface area contributed by atoms with Crippen molar-refractivity contribution in [3.63, 3.8) is 0 Å². The van der Waals surface area contributed by atoms with Crippen LogP contribution in [0.5, 0.6) is 0 Å². The Balaban J connectivity index is 1.33. The second-order valence-electron chi connectivity index (χ2n) is 6.80. The third kappa shape index (κ3) is 4.98. The minimum Gasteiger partial charge on any atom is -0.459 e. The van der Waals surface area contributed by atoms with Gasteiger partial charge in [0.1, 0.15) is 0 Å². The summed E-state index contributed by atoms with van der Waals surface area (Å²) in [5.74, 6) is 0.934. The lowest BCUT2D eigenvalue weighted by Crippen LogP contribution is -2.47. The number of likely N-dealkylation sites (tertiary alicyclic amines) is 1. The molecule has 3 N–H and O–H groups in total. The highest BCUT2D eigenvalue weighted by molar-refractivity contribution is 5.91. The van der Waals surface area contributed by atoms with E-state index in [1.165, 1.54) is 38.5 Å². The van der Waals surface area contributed by atoms with Crippen molar-refractivity contribution in [2.75, 3.05) is 33.2 Å². The molecule has 1 saturated heterocycles. The molecule has 1 amide bonds. The molecule has 2 aliphatic rings. The molecule has 0 radical (unpaired) electrons. The van der Waals surface area contributed by atoms with Gasteiger partial charge >= 0.3 is 0 Å². The largest absolute Gasteiger partial charge is 0.459 e. The standard InChI is InChI=1S/C18H29N5O2/c1-19-18(21-10-9-20-17(24)16-7-4-12-25-16)22-14-8-11-23(13-14)15-5-2-3-6-15/h4,7,12,14-15H,2-3,5-6,8-11,13H2,1H3,(H,20,24)(H2,19,21,22). The lowest BCUT2D eigenvalue weighted by molar-refractivity contribution is 0.0926. The number of rotatable bonds is 6. The number of hydrogen-bond acceptors (Lipinski definition) is 4. The third-order valence-corrected chi connectivity index (χ3v) is 5.07. The molecule has 3 rings (SSSR count). The van der Waals surface area contributed by atoms with E-state index in [-0.39, 0.29) is 5.91 Å². The number of guanidine groups is 1. The lowest BCUT2D eigenvalue weighted by atomic mass is 10.2. The zero-order valence-corrected chi connectivity index (χ0v) is 15.0. The number of carbonyl (C=O) groups excluding carboxylic acids is 1. The van der Waals surface area contributed by atoms with Crippen LogP contribution in [-0.4, -0.2) is 62.1 Å². The number of amides is 1. The highest BCUT2D eigenvalue weighted by Gasteiger charge is 2.30. The van der Waals surface area contributed by atoms with Gasteiger partial charge in [-0.3, -0.25) is 14.7 Å². The second kappa shape index (κ2) is 8.89. The number of furan rings is 1. The summed E-state index contributed by atoms with van der Waals surface area (Å²) in [5.41, 5.74) is 0. The Morgan fingerprint density at radius 3 is 2.80 bits per heavy atom. The van der Waals surface area contributed by atoms with Crippen LogP contribution in [0, 0.1) is 0 Å². The molecule has 1 atom stereocenters. The Morgan fingerprint density at radius 2 is 2.08 bits per heavy atom. The van der Waals surface area contributed by atoms with Crippen molar-refractivity contribution in [1.82, 2.24) is 20.9 Å². The molecule has 0 spiro atoms.